The van der Waals surface area contributed by atoms with E-state index in [1.54, 1.807) is 5.56 Å². The highest BCUT2D eigenvalue weighted by atomic mass is 14.9. The minimum atomic E-state index is 0.515. The summed E-state index contributed by atoms with van der Waals surface area (Å²) in [7, 11) is 0. The van der Waals surface area contributed by atoms with Crippen molar-refractivity contribution in [1.82, 2.24) is 5.32 Å². The van der Waals surface area contributed by atoms with E-state index < -0.39 is 0 Å². The van der Waals surface area contributed by atoms with E-state index in [-0.39, 0.29) is 0 Å². The van der Waals surface area contributed by atoms with Crippen LogP contribution in [-0.4, -0.2) is 6.54 Å². The molecule has 0 radical (unpaired) electrons. The first-order valence-electron chi connectivity index (χ1n) is 5.54. The monoisotopic (exact) mass is 199 g/mol. The van der Waals surface area contributed by atoms with Crippen molar-refractivity contribution in [2.75, 3.05) is 6.54 Å². The van der Waals surface area contributed by atoms with E-state index in [0.717, 1.165) is 6.54 Å². The van der Waals surface area contributed by atoms with Gasteiger partial charge in [0.25, 0.3) is 0 Å². The van der Waals surface area contributed by atoms with E-state index >= 15 is 0 Å². The van der Waals surface area contributed by atoms with Crippen LogP contribution < -0.4 is 5.32 Å². The first-order valence-corrected chi connectivity index (χ1v) is 5.54. The van der Waals surface area contributed by atoms with Gasteiger partial charge in [-0.15, -0.1) is 5.92 Å². The fraction of sp³-hybridized carbons (Fsp3) is 0.429. The smallest absolute Gasteiger partial charge is 0.0581 e. The van der Waals surface area contributed by atoms with Crippen LogP contribution in [0.2, 0.25) is 0 Å². The van der Waals surface area contributed by atoms with Gasteiger partial charge in [0, 0.05) is 6.04 Å². The molecule has 0 aliphatic heterocycles. The zero-order valence-corrected chi connectivity index (χ0v) is 9.43. The number of hydrogen-bond donors (Lipinski definition) is 1. The summed E-state index contributed by atoms with van der Waals surface area (Å²) in [4.78, 5) is 0. The first kappa shape index (κ1) is 10.3. The van der Waals surface area contributed by atoms with Crippen molar-refractivity contribution in [3.05, 3.63) is 34.9 Å². The summed E-state index contributed by atoms with van der Waals surface area (Å²) >= 11 is 0. The number of hydrogen-bond acceptors (Lipinski definition) is 1. The largest absolute Gasteiger partial charge is 0.299 e. The van der Waals surface area contributed by atoms with E-state index in [0.29, 0.717) is 6.04 Å². The first-order chi connectivity index (χ1) is 7.33. The molecular weight excluding hydrogens is 182 g/mol. The average molecular weight is 199 g/mol. The Labute approximate surface area is 91.9 Å². The molecular formula is C14H17N. The molecule has 78 valence electrons. The predicted molar refractivity (Wildman–Crippen MR) is 63.7 cm³/mol. The summed E-state index contributed by atoms with van der Waals surface area (Å²) in [6, 6.07) is 7.11. The molecule has 0 fully saturated rings. The number of nitrogens with one attached hydrogen (secondary N) is 1. The van der Waals surface area contributed by atoms with Gasteiger partial charge in [-0.05, 0) is 43.4 Å². The summed E-state index contributed by atoms with van der Waals surface area (Å²) in [5, 5.41) is 3.49. The molecule has 0 bridgehead atoms. The zero-order valence-electron chi connectivity index (χ0n) is 9.43. The van der Waals surface area contributed by atoms with Crippen LogP contribution >= 0.6 is 0 Å². The van der Waals surface area contributed by atoms with E-state index in [9.17, 15) is 0 Å². The standard InChI is InChI=1S/C14H17N/c1-3-4-10-15-14-9-8-12-11(2)6-5-7-13(12)14/h5-7,14-15H,8-10H2,1-2H3. The van der Waals surface area contributed by atoms with Gasteiger partial charge in [-0.25, -0.2) is 0 Å². The lowest BCUT2D eigenvalue weighted by Gasteiger charge is -2.12. The molecule has 0 saturated heterocycles. The molecule has 0 heterocycles. The van der Waals surface area contributed by atoms with Gasteiger partial charge < -0.3 is 0 Å². The highest BCUT2D eigenvalue weighted by Crippen LogP contribution is 2.32. The normalized spacial score (nSPS) is 18.1. The van der Waals surface area contributed by atoms with Crippen molar-refractivity contribution in [2.24, 2.45) is 0 Å². The Morgan fingerprint density at radius 3 is 3.13 bits per heavy atom. The summed E-state index contributed by atoms with van der Waals surface area (Å²) < 4.78 is 0. The average Bonchev–Trinajstić information content (AvgIpc) is 2.64. The fourth-order valence-electron chi connectivity index (χ4n) is 2.31. The van der Waals surface area contributed by atoms with Crippen LogP contribution in [0.1, 0.15) is 36.1 Å². The van der Waals surface area contributed by atoms with Crippen molar-refractivity contribution in [3.63, 3.8) is 0 Å². The number of aryl methyl sites for hydroxylation is 1. The van der Waals surface area contributed by atoms with Gasteiger partial charge in [0.1, 0.15) is 0 Å². The van der Waals surface area contributed by atoms with Gasteiger partial charge in [0.2, 0.25) is 0 Å². The molecule has 1 N–H and O–H groups in total. The molecule has 0 amide bonds. The third kappa shape index (κ3) is 2.06. The Kier molecular flexibility index (Phi) is 3.08. The van der Waals surface area contributed by atoms with E-state index in [2.05, 4.69) is 42.3 Å². The number of fused-ring (bicyclic) bond motifs is 1. The topological polar surface area (TPSA) is 12.0 Å². The van der Waals surface area contributed by atoms with Crippen LogP contribution in [0, 0.1) is 18.8 Å². The van der Waals surface area contributed by atoms with E-state index in [4.69, 9.17) is 0 Å². The molecule has 1 aromatic rings. The molecule has 1 nitrogen and oxygen atoms in total. The molecule has 0 aromatic heterocycles. The van der Waals surface area contributed by atoms with E-state index in [1.807, 2.05) is 6.92 Å². The molecule has 1 aromatic carbocycles. The highest BCUT2D eigenvalue weighted by Gasteiger charge is 2.22. The van der Waals surface area contributed by atoms with Crippen LogP contribution in [0.25, 0.3) is 0 Å². The van der Waals surface area contributed by atoms with Gasteiger partial charge in [-0.1, -0.05) is 24.1 Å². The van der Waals surface area contributed by atoms with Crippen molar-refractivity contribution >= 4 is 0 Å². The Morgan fingerprint density at radius 1 is 1.47 bits per heavy atom. The van der Waals surface area contributed by atoms with Crippen LogP contribution in [-0.2, 0) is 6.42 Å². The van der Waals surface area contributed by atoms with E-state index in [1.165, 1.54) is 24.0 Å². The Hall–Kier alpha value is -1.26. The second-order valence-corrected chi connectivity index (χ2v) is 4.04. The van der Waals surface area contributed by atoms with Gasteiger partial charge in [0.05, 0.1) is 6.54 Å². The SMILES string of the molecule is CC#CCNC1CCc2c(C)cccc21. The Morgan fingerprint density at radius 2 is 2.33 bits per heavy atom. The third-order valence-electron chi connectivity index (χ3n) is 3.12. The highest BCUT2D eigenvalue weighted by molar-refractivity contribution is 5.40. The maximum atomic E-state index is 3.49. The molecule has 0 spiro atoms. The maximum absolute atomic E-state index is 3.49. The predicted octanol–water partition coefficient (Wildman–Crippen LogP) is 2.60. The molecule has 1 unspecified atom stereocenters. The van der Waals surface area contributed by atoms with Crippen molar-refractivity contribution in [2.45, 2.75) is 32.7 Å². The molecule has 1 atom stereocenters. The van der Waals surface area contributed by atoms with Crippen molar-refractivity contribution in [3.8, 4) is 11.8 Å². The quantitative estimate of drug-likeness (QED) is 0.722. The molecule has 2 rings (SSSR count). The Bertz CT molecular complexity index is 409. The maximum Gasteiger partial charge on any atom is 0.0581 e. The lowest BCUT2D eigenvalue weighted by atomic mass is 10.0. The lowest BCUT2D eigenvalue weighted by Crippen LogP contribution is -2.19. The van der Waals surface area contributed by atoms with Gasteiger partial charge in [-0.2, -0.15) is 0 Å². The molecule has 15 heavy (non-hydrogen) atoms. The van der Waals surface area contributed by atoms with Crippen molar-refractivity contribution in [1.29, 1.82) is 0 Å². The molecule has 0 saturated carbocycles. The van der Waals surface area contributed by atoms with Crippen molar-refractivity contribution < 1.29 is 0 Å². The Balaban J connectivity index is 2.13. The second-order valence-electron chi connectivity index (χ2n) is 4.04. The van der Waals surface area contributed by atoms with Crippen LogP contribution in [0.15, 0.2) is 18.2 Å². The van der Waals surface area contributed by atoms with Gasteiger partial charge >= 0.3 is 0 Å². The number of rotatable bonds is 2. The zero-order chi connectivity index (χ0) is 10.7. The van der Waals surface area contributed by atoms with Gasteiger partial charge in [-0.3, -0.25) is 5.32 Å². The van der Waals surface area contributed by atoms with Crippen LogP contribution in [0.4, 0.5) is 0 Å². The number of benzene rings is 1. The summed E-state index contributed by atoms with van der Waals surface area (Å²) in [5.74, 6) is 5.97. The third-order valence-corrected chi connectivity index (χ3v) is 3.12. The summed E-state index contributed by atoms with van der Waals surface area (Å²) in [5.41, 5.74) is 4.45. The summed E-state index contributed by atoms with van der Waals surface area (Å²) in [6.45, 7) is 4.88. The summed E-state index contributed by atoms with van der Waals surface area (Å²) in [6.07, 6.45) is 2.42. The lowest BCUT2D eigenvalue weighted by molar-refractivity contribution is 0.568. The second kappa shape index (κ2) is 4.51. The molecule has 1 aliphatic rings. The van der Waals surface area contributed by atoms with Crippen LogP contribution in [0.3, 0.4) is 0 Å². The minimum absolute atomic E-state index is 0.515. The molecule has 1 aliphatic carbocycles. The van der Waals surface area contributed by atoms with Crippen LogP contribution in [0.5, 0.6) is 0 Å². The minimum Gasteiger partial charge on any atom is -0.299 e. The van der Waals surface area contributed by atoms with Gasteiger partial charge in [0.15, 0.2) is 0 Å². The fourth-order valence-corrected chi connectivity index (χ4v) is 2.31. The molecule has 1 heteroatoms.